The number of quaternary nitrogens is 1. The van der Waals surface area contributed by atoms with Crippen molar-refractivity contribution in [1.82, 2.24) is 0 Å². The van der Waals surface area contributed by atoms with Gasteiger partial charge in [-0.05, 0) is 13.0 Å². The molecule has 0 saturated carbocycles. The molecular formula is C21H28NO7+. The first kappa shape index (κ1) is 21.3. The molecule has 0 aromatic heterocycles. The molecule has 0 bridgehead atoms. The summed E-state index contributed by atoms with van der Waals surface area (Å²) in [6.07, 6.45) is 4.32. The largest absolute Gasteiger partial charge is 0.458 e. The number of nitrogens with zero attached hydrogens (tertiary/aromatic N) is 1. The summed E-state index contributed by atoms with van der Waals surface area (Å²) in [5, 5.41) is 11.5. The lowest BCUT2D eigenvalue weighted by molar-refractivity contribution is -0.955. The predicted octanol–water partition coefficient (Wildman–Crippen LogP) is 1.00. The molecule has 8 heteroatoms. The molecule has 1 N–H and O–H groups in total. The van der Waals surface area contributed by atoms with Gasteiger partial charge in [-0.2, -0.15) is 0 Å². The maximum atomic E-state index is 12.9. The Bertz CT molecular complexity index is 831. The van der Waals surface area contributed by atoms with E-state index in [1.165, 1.54) is 26.0 Å². The Morgan fingerprint density at radius 2 is 2.14 bits per heavy atom. The molecule has 29 heavy (non-hydrogen) atoms. The van der Waals surface area contributed by atoms with E-state index in [0.29, 0.717) is 25.1 Å². The minimum absolute atomic E-state index is 0.123. The van der Waals surface area contributed by atoms with Crippen LogP contribution in [0.1, 0.15) is 27.2 Å². The Kier molecular flexibility index (Phi) is 5.21. The van der Waals surface area contributed by atoms with E-state index < -0.39 is 41.3 Å². The second-order valence-corrected chi connectivity index (χ2v) is 8.33. The summed E-state index contributed by atoms with van der Waals surface area (Å²) in [5.74, 6) is -2.75. The van der Waals surface area contributed by atoms with Crippen molar-refractivity contribution in [2.24, 2.45) is 5.92 Å². The third kappa shape index (κ3) is 3.20. The lowest BCUT2D eigenvalue weighted by Crippen LogP contribution is -2.61. The van der Waals surface area contributed by atoms with Crippen LogP contribution in [0, 0.1) is 5.92 Å². The molecule has 0 aromatic carbocycles. The number of likely N-dealkylation sites (N-methyl/N-ethyl adjacent to an activating group) is 1. The fourth-order valence-electron chi connectivity index (χ4n) is 4.42. The number of aliphatic hydroxyl groups is 1. The van der Waals surface area contributed by atoms with Gasteiger partial charge >= 0.3 is 17.9 Å². The molecule has 0 aromatic rings. The van der Waals surface area contributed by atoms with E-state index >= 15 is 0 Å². The molecule has 158 valence electrons. The third-order valence-corrected chi connectivity index (χ3v) is 6.49. The molecule has 5 atom stereocenters. The summed E-state index contributed by atoms with van der Waals surface area (Å²) in [7, 11) is 1.88. The van der Waals surface area contributed by atoms with Crippen molar-refractivity contribution >= 4 is 17.9 Å². The zero-order chi connectivity index (χ0) is 21.6. The van der Waals surface area contributed by atoms with Crippen LogP contribution in [0.5, 0.6) is 0 Å². The van der Waals surface area contributed by atoms with Gasteiger partial charge in [0.2, 0.25) is 5.60 Å². The van der Waals surface area contributed by atoms with Crippen LogP contribution in [0.2, 0.25) is 0 Å². The van der Waals surface area contributed by atoms with Gasteiger partial charge in [0.15, 0.2) is 6.10 Å². The highest BCUT2D eigenvalue weighted by Crippen LogP contribution is 2.45. The zero-order valence-corrected chi connectivity index (χ0v) is 17.3. The Morgan fingerprint density at radius 1 is 1.45 bits per heavy atom. The highest BCUT2D eigenvalue weighted by Gasteiger charge is 2.65. The number of hydrogen-bond acceptors (Lipinski definition) is 7. The van der Waals surface area contributed by atoms with E-state index in [1.807, 2.05) is 13.1 Å². The van der Waals surface area contributed by atoms with Gasteiger partial charge in [-0.3, -0.25) is 9.28 Å². The third-order valence-electron chi connectivity index (χ3n) is 6.49. The van der Waals surface area contributed by atoms with Crippen molar-refractivity contribution in [3.8, 4) is 0 Å². The van der Waals surface area contributed by atoms with Gasteiger partial charge < -0.3 is 19.3 Å². The van der Waals surface area contributed by atoms with Gasteiger partial charge in [-0.25, -0.2) is 9.59 Å². The topological polar surface area (TPSA) is 99.1 Å². The van der Waals surface area contributed by atoms with Crippen LogP contribution in [-0.2, 0) is 28.6 Å². The minimum atomic E-state index is -1.66. The van der Waals surface area contributed by atoms with Gasteiger partial charge in [0.25, 0.3) is 5.72 Å². The molecule has 3 rings (SSSR count). The molecular weight excluding hydrogens is 378 g/mol. The molecule has 0 radical (unpaired) electrons. The van der Waals surface area contributed by atoms with Crippen LogP contribution in [-0.4, -0.2) is 71.7 Å². The van der Waals surface area contributed by atoms with Crippen LogP contribution >= 0.6 is 0 Å². The lowest BCUT2D eigenvalue weighted by Gasteiger charge is -2.40. The fraction of sp³-hybridized carbons (Fsp3) is 0.571. The number of carbonyl (C=O) groups excluding carboxylic acids is 3. The number of rotatable bonds is 2. The Hall–Kier alpha value is -2.45. The number of carbonyl (C=O) groups is 3. The summed E-state index contributed by atoms with van der Waals surface area (Å²) >= 11 is 0. The van der Waals surface area contributed by atoms with Crippen LogP contribution in [0.15, 0.2) is 36.0 Å². The number of ether oxygens (including phenoxy) is 3. The van der Waals surface area contributed by atoms with Gasteiger partial charge in [0.05, 0.1) is 24.7 Å². The highest BCUT2D eigenvalue weighted by atomic mass is 16.6. The van der Waals surface area contributed by atoms with Crippen LogP contribution in [0.3, 0.4) is 0 Å². The number of esters is 3. The fourth-order valence-corrected chi connectivity index (χ4v) is 4.42. The van der Waals surface area contributed by atoms with Crippen molar-refractivity contribution in [3.63, 3.8) is 0 Å². The lowest BCUT2D eigenvalue weighted by atomic mass is 9.88. The zero-order valence-electron chi connectivity index (χ0n) is 17.3. The van der Waals surface area contributed by atoms with Crippen molar-refractivity contribution in [1.29, 1.82) is 0 Å². The average Bonchev–Trinajstić information content (AvgIpc) is 3.04. The van der Waals surface area contributed by atoms with Crippen LogP contribution in [0.4, 0.5) is 0 Å². The summed E-state index contributed by atoms with van der Waals surface area (Å²) in [4.78, 5) is 37.4. The quantitative estimate of drug-likeness (QED) is 0.316. The van der Waals surface area contributed by atoms with Crippen LogP contribution in [0.25, 0.3) is 0 Å². The second-order valence-electron chi connectivity index (χ2n) is 8.33. The van der Waals surface area contributed by atoms with Gasteiger partial charge in [0.1, 0.15) is 13.2 Å². The first-order valence-electron chi connectivity index (χ1n) is 9.66. The van der Waals surface area contributed by atoms with E-state index in [4.69, 9.17) is 14.2 Å². The smallest absolute Gasteiger partial charge is 0.351 e. The van der Waals surface area contributed by atoms with E-state index in [2.05, 4.69) is 6.58 Å². The maximum Gasteiger partial charge on any atom is 0.351 e. The Labute approximate surface area is 170 Å². The van der Waals surface area contributed by atoms with Gasteiger partial charge in [0, 0.05) is 19.3 Å². The molecule has 1 fully saturated rings. The molecule has 1 saturated heterocycles. The first-order chi connectivity index (χ1) is 13.5. The van der Waals surface area contributed by atoms with E-state index in [-0.39, 0.29) is 16.7 Å². The summed E-state index contributed by atoms with van der Waals surface area (Å²) < 4.78 is 16.8. The Morgan fingerprint density at radius 3 is 2.76 bits per heavy atom. The highest BCUT2D eigenvalue weighted by molar-refractivity contribution is 5.92. The van der Waals surface area contributed by atoms with Crippen LogP contribution < -0.4 is 0 Å². The van der Waals surface area contributed by atoms with E-state index in [1.54, 1.807) is 6.92 Å². The normalized spacial score (nSPS) is 41.6. The van der Waals surface area contributed by atoms with Crippen molar-refractivity contribution in [2.75, 3.05) is 26.7 Å². The minimum Gasteiger partial charge on any atom is -0.458 e. The number of hydrogen-bond donors (Lipinski definition) is 1. The summed E-state index contributed by atoms with van der Waals surface area (Å²) in [6.45, 7) is 8.88. The molecule has 0 spiro atoms. The maximum absolute atomic E-state index is 12.9. The van der Waals surface area contributed by atoms with Crippen molar-refractivity contribution in [2.45, 2.75) is 44.6 Å². The first-order valence-corrected chi connectivity index (χ1v) is 9.66. The van der Waals surface area contributed by atoms with E-state index in [0.717, 1.165) is 0 Å². The number of cyclic esters (lactones) is 1. The molecule has 3 aliphatic rings. The standard InChI is InChI=1S/C21H28NO7/c1-6-15-11-13(2)20(4,29-14(3)23)19(25)27-12-16-7-9-22(5)10-8-17(21(16,22)26)28-18(15)24/h6-7,11,13,17,26H,1,8-10,12H2,2-5H3/q+1/b15-11-/t13-,17+,20-,21-,22?/m0/s1. The molecule has 8 nitrogen and oxygen atoms in total. The Balaban J connectivity index is 2.08. The predicted molar refractivity (Wildman–Crippen MR) is 102 cm³/mol. The van der Waals surface area contributed by atoms with Crippen molar-refractivity contribution < 1.29 is 38.2 Å². The molecule has 1 unspecified atom stereocenters. The van der Waals surface area contributed by atoms with Gasteiger partial charge in [-0.1, -0.05) is 25.7 Å². The molecule has 3 aliphatic heterocycles. The second kappa shape index (κ2) is 7.11. The summed E-state index contributed by atoms with van der Waals surface area (Å²) in [5.41, 5.74) is -2.54. The molecule has 0 amide bonds. The average molecular weight is 406 g/mol. The summed E-state index contributed by atoms with van der Waals surface area (Å²) in [6, 6.07) is 0. The monoisotopic (exact) mass is 406 g/mol. The van der Waals surface area contributed by atoms with Crippen molar-refractivity contribution in [3.05, 3.63) is 36.0 Å². The molecule has 3 heterocycles. The van der Waals surface area contributed by atoms with Gasteiger partial charge in [-0.15, -0.1) is 0 Å². The van der Waals surface area contributed by atoms with E-state index in [9.17, 15) is 19.5 Å². The molecule has 0 aliphatic carbocycles. The SMILES string of the molecule is C=C/C1=C/[C@H](C)[C@](C)(OC(C)=O)C(=O)OCC2=CC[N+]3(C)CC[C@@H](OC1=O)[C@@]23O.